The number of amides is 2. The minimum absolute atomic E-state index is 0.0132. The molecule has 2 atom stereocenters. The number of carbonyl (C=O) groups excluding carboxylic acids is 1. The number of thioether (sulfide) groups is 1. The van der Waals surface area contributed by atoms with Crippen molar-refractivity contribution in [1.29, 1.82) is 0 Å². The van der Waals surface area contributed by atoms with Crippen LogP contribution in [0.1, 0.15) is 32.1 Å². The molecule has 0 bridgehead atoms. The topological polar surface area (TPSA) is 53.2 Å². The van der Waals surface area contributed by atoms with Gasteiger partial charge in [0.1, 0.15) is 0 Å². The van der Waals surface area contributed by atoms with E-state index >= 15 is 0 Å². The van der Waals surface area contributed by atoms with Gasteiger partial charge in [-0.2, -0.15) is 11.8 Å². The lowest BCUT2D eigenvalue weighted by molar-refractivity contribution is 0.234. The second-order valence-electron chi connectivity index (χ2n) is 5.33. The maximum absolute atomic E-state index is 11.8. The molecular weight excluding hydrogens is 246 g/mol. The van der Waals surface area contributed by atoms with E-state index < -0.39 is 0 Å². The Balaban J connectivity index is 1.61. The van der Waals surface area contributed by atoms with Gasteiger partial charge in [-0.3, -0.25) is 0 Å². The first kappa shape index (κ1) is 14.0. The molecule has 2 fully saturated rings. The van der Waals surface area contributed by atoms with E-state index in [1.54, 1.807) is 0 Å². The van der Waals surface area contributed by atoms with Crippen molar-refractivity contribution in [3.05, 3.63) is 0 Å². The summed E-state index contributed by atoms with van der Waals surface area (Å²) in [6.45, 7) is 2.82. The van der Waals surface area contributed by atoms with Crippen LogP contribution >= 0.6 is 11.8 Å². The van der Waals surface area contributed by atoms with Gasteiger partial charge in [-0.25, -0.2) is 4.79 Å². The van der Waals surface area contributed by atoms with Crippen LogP contribution in [-0.2, 0) is 0 Å². The van der Waals surface area contributed by atoms with Crippen molar-refractivity contribution in [3.8, 4) is 0 Å². The molecule has 2 saturated heterocycles. The molecule has 0 aromatic rings. The van der Waals surface area contributed by atoms with E-state index in [9.17, 15) is 4.79 Å². The molecule has 2 heterocycles. The SMILES string of the molecule is O=C(NCC1CCCSC1)NC1CCCCNC1. The lowest BCUT2D eigenvalue weighted by Crippen LogP contribution is -2.47. The van der Waals surface area contributed by atoms with E-state index in [-0.39, 0.29) is 6.03 Å². The smallest absolute Gasteiger partial charge is 0.315 e. The fraction of sp³-hybridized carbons (Fsp3) is 0.923. The Hall–Kier alpha value is -0.420. The van der Waals surface area contributed by atoms with Crippen molar-refractivity contribution >= 4 is 17.8 Å². The summed E-state index contributed by atoms with van der Waals surface area (Å²) in [7, 11) is 0. The molecule has 0 radical (unpaired) electrons. The van der Waals surface area contributed by atoms with Crippen LogP contribution in [0.5, 0.6) is 0 Å². The number of nitrogens with one attached hydrogen (secondary N) is 3. The van der Waals surface area contributed by atoms with E-state index in [0.29, 0.717) is 12.0 Å². The van der Waals surface area contributed by atoms with Crippen molar-refractivity contribution in [3.63, 3.8) is 0 Å². The van der Waals surface area contributed by atoms with Crippen molar-refractivity contribution < 1.29 is 4.79 Å². The van der Waals surface area contributed by atoms with E-state index in [0.717, 1.165) is 26.1 Å². The van der Waals surface area contributed by atoms with Crippen molar-refractivity contribution in [2.75, 3.05) is 31.1 Å². The Bertz CT molecular complexity index is 249. The van der Waals surface area contributed by atoms with Crippen molar-refractivity contribution in [2.24, 2.45) is 5.92 Å². The maximum atomic E-state index is 11.8. The molecule has 0 spiro atoms. The van der Waals surface area contributed by atoms with Gasteiger partial charge in [0.15, 0.2) is 0 Å². The molecule has 104 valence electrons. The first-order valence-corrected chi connectivity index (χ1v) is 8.33. The van der Waals surface area contributed by atoms with Crippen molar-refractivity contribution in [1.82, 2.24) is 16.0 Å². The third-order valence-corrected chi connectivity index (χ3v) is 4.97. The summed E-state index contributed by atoms with van der Waals surface area (Å²) < 4.78 is 0. The van der Waals surface area contributed by atoms with Gasteiger partial charge in [0.25, 0.3) is 0 Å². The van der Waals surface area contributed by atoms with Gasteiger partial charge in [-0.1, -0.05) is 6.42 Å². The van der Waals surface area contributed by atoms with Gasteiger partial charge in [0.2, 0.25) is 0 Å². The molecule has 0 saturated carbocycles. The molecule has 2 aliphatic heterocycles. The zero-order valence-corrected chi connectivity index (χ0v) is 11.9. The van der Waals surface area contributed by atoms with Gasteiger partial charge >= 0.3 is 6.03 Å². The second-order valence-corrected chi connectivity index (χ2v) is 6.48. The summed E-state index contributed by atoms with van der Waals surface area (Å²) in [6.07, 6.45) is 6.08. The second kappa shape index (κ2) is 7.89. The van der Waals surface area contributed by atoms with Crippen molar-refractivity contribution in [2.45, 2.75) is 38.1 Å². The molecule has 2 aliphatic rings. The molecule has 2 unspecified atom stereocenters. The van der Waals surface area contributed by atoms with E-state index in [4.69, 9.17) is 0 Å². The van der Waals surface area contributed by atoms with E-state index in [1.165, 1.54) is 37.2 Å². The number of hydrogen-bond acceptors (Lipinski definition) is 3. The van der Waals surface area contributed by atoms with Crippen LogP contribution in [0.25, 0.3) is 0 Å². The summed E-state index contributed by atoms with van der Waals surface area (Å²) >= 11 is 2.01. The Labute approximate surface area is 114 Å². The lowest BCUT2D eigenvalue weighted by Gasteiger charge is -2.22. The zero-order chi connectivity index (χ0) is 12.6. The van der Waals surface area contributed by atoms with Crippen LogP contribution in [0.3, 0.4) is 0 Å². The fourth-order valence-corrected chi connectivity index (χ4v) is 3.74. The van der Waals surface area contributed by atoms with Crippen LogP contribution in [0.4, 0.5) is 4.79 Å². The summed E-state index contributed by atoms with van der Waals surface area (Å²) in [5, 5.41) is 9.47. The van der Waals surface area contributed by atoms with Gasteiger partial charge in [-0.15, -0.1) is 0 Å². The third-order valence-electron chi connectivity index (χ3n) is 3.69. The average molecular weight is 271 g/mol. The summed E-state index contributed by atoms with van der Waals surface area (Å²) in [5.74, 6) is 3.16. The Morgan fingerprint density at radius 3 is 3.06 bits per heavy atom. The lowest BCUT2D eigenvalue weighted by atomic mass is 10.1. The van der Waals surface area contributed by atoms with Crippen LogP contribution < -0.4 is 16.0 Å². The molecular formula is C13H25N3OS. The highest BCUT2D eigenvalue weighted by Crippen LogP contribution is 2.21. The quantitative estimate of drug-likeness (QED) is 0.730. The Kier molecular flexibility index (Phi) is 6.14. The van der Waals surface area contributed by atoms with Crippen LogP contribution in [0.2, 0.25) is 0 Å². The van der Waals surface area contributed by atoms with Crippen LogP contribution in [-0.4, -0.2) is 43.2 Å². The van der Waals surface area contributed by atoms with Gasteiger partial charge in [0, 0.05) is 19.1 Å². The zero-order valence-electron chi connectivity index (χ0n) is 11.0. The first-order valence-electron chi connectivity index (χ1n) is 7.17. The molecule has 3 N–H and O–H groups in total. The Morgan fingerprint density at radius 1 is 1.28 bits per heavy atom. The fourth-order valence-electron chi connectivity index (χ4n) is 2.58. The number of carbonyl (C=O) groups is 1. The molecule has 18 heavy (non-hydrogen) atoms. The molecule has 0 aromatic carbocycles. The highest BCUT2D eigenvalue weighted by Gasteiger charge is 2.17. The molecule has 0 aromatic heterocycles. The highest BCUT2D eigenvalue weighted by molar-refractivity contribution is 7.99. The number of rotatable bonds is 3. The summed E-state index contributed by atoms with van der Waals surface area (Å²) in [6, 6.07) is 0.313. The van der Waals surface area contributed by atoms with Gasteiger partial charge in [-0.05, 0) is 49.7 Å². The first-order chi connectivity index (χ1) is 8.84. The maximum Gasteiger partial charge on any atom is 0.315 e. The Morgan fingerprint density at radius 2 is 2.22 bits per heavy atom. The predicted octanol–water partition coefficient (Wildman–Crippen LogP) is 1.57. The average Bonchev–Trinajstić information content (AvgIpc) is 2.66. The van der Waals surface area contributed by atoms with E-state index in [1.807, 2.05) is 11.8 Å². The molecule has 0 aliphatic carbocycles. The molecule has 2 rings (SSSR count). The normalized spacial score (nSPS) is 29.3. The molecule has 5 heteroatoms. The van der Waals surface area contributed by atoms with E-state index in [2.05, 4.69) is 16.0 Å². The van der Waals surface area contributed by atoms with Gasteiger partial charge < -0.3 is 16.0 Å². The minimum Gasteiger partial charge on any atom is -0.338 e. The number of hydrogen-bond donors (Lipinski definition) is 3. The summed E-state index contributed by atoms with van der Waals surface area (Å²) in [4.78, 5) is 11.8. The standard InChI is InChI=1S/C13H25N3OS/c17-13(15-8-11-4-3-7-18-10-11)16-12-5-1-2-6-14-9-12/h11-12,14H,1-10H2,(H2,15,16,17). The van der Waals surface area contributed by atoms with Gasteiger partial charge in [0.05, 0.1) is 0 Å². The monoisotopic (exact) mass is 271 g/mol. The molecule has 4 nitrogen and oxygen atoms in total. The summed E-state index contributed by atoms with van der Waals surface area (Å²) in [5.41, 5.74) is 0. The molecule has 2 amide bonds. The van der Waals surface area contributed by atoms with Crippen LogP contribution in [0.15, 0.2) is 0 Å². The largest absolute Gasteiger partial charge is 0.338 e. The predicted molar refractivity (Wildman–Crippen MR) is 77.1 cm³/mol. The van der Waals surface area contributed by atoms with Crippen LogP contribution in [0, 0.1) is 5.92 Å². The minimum atomic E-state index is 0.0132. The third kappa shape index (κ3) is 5.06. The highest BCUT2D eigenvalue weighted by atomic mass is 32.2. The number of urea groups is 1.